The average molecular weight is 407 g/mol. The van der Waals surface area contributed by atoms with Gasteiger partial charge in [-0.15, -0.1) is 0 Å². The zero-order valence-electron chi connectivity index (χ0n) is 17.7. The van der Waals surface area contributed by atoms with E-state index in [0.717, 1.165) is 5.56 Å². The first-order valence-corrected chi connectivity index (χ1v) is 9.58. The minimum absolute atomic E-state index is 0.0817. The molecular formula is C23H25N3O4. The van der Waals surface area contributed by atoms with Gasteiger partial charge in [0.1, 0.15) is 17.1 Å². The van der Waals surface area contributed by atoms with E-state index in [4.69, 9.17) is 9.47 Å². The summed E-state index contributed by atoms with van der Waals surface area (Å²) in [6, 6.07) is 14.3. The maximum Gasteiger partial charge on any atom is 0.315 e. The Kier molecular flexibility index (Phi) is 6.20. The number of amides is 1. The van der Waals surface area contributed by atoms with Crippen LogP contribution >= 0.6 is 0 Å². The number of carbonyl (C=O) groups excluding carboxylic acids is 1. The van der Waals surface area contributed by atoms with Gasteiger partial charge in [0.2, 0.25) is 5.75 Å². The first-order valence-electron chi connectivity index (χ1n) is 9.58. The van der Waals surface area contributed by atoms with Crippen molar-refractivity contribution in [1.82, 2.24) is 14.7 Å². The standard InChI is InChI=1S/C23H25N3O4/c1-15(2)16-6-8-17(9-7-16)26-23(28)21(20(14-24-26)22(27)25(3)4)30-19-12-10-18(29-5)11-13-19/h6-15H,1-5H3. The van der Waals surface area contributed by atoms with Gasteiger partial charge in [-0.1, -0.05) is 26.0 Å². The lowest BCUT2D eigenvalue weighted by atomic mass is 10.0. The molecule has 7 nitrogen and oxygen atoms in total. The van der Waals surface area contributed by atoms with Crippen molar-refractivity contribution >= 4 is 5.91 Å². The maximum absolute atomic E-state index is 13.2. The van der Waals surface area contributed by atoms with Gasteiger partial charge in [0, 0.05) is 14.1 Å². The zero-order valence-corrected chi connectivity index (χ0v) is 17.7. The second kappa shape index (κ2) is 8.82. The van der Waals surface area contributed by atoms with Gasteiger partial charge in [-0.2, -0.15) is 9.78 Å². The summed E-state index contributed by atoms with van der Waals surface area (Å²) in [6.07, 6.45) is 1.36. The summed E-state index contributed by atoms with van der Waals surface area (Å²) in [7, 11) is 4.78. The second-order valence-corrected chi connectivity index (χ2v) is 7.33. The van der Waals surface area contributed by atoms with E-state index in [0.29, 0.717) is 23.1 Å². The summed E-state index contributed by atoms with van der Waals surface area (Å²) in [6.45, 7) is 4.20. The lowest BCUT2D eigenvalue weighted by Crippen LogP contribution is -2.29. The predicted octanol–water partition coefficient (Wildman–Crippen LogP) is 3.86. The molecule has 0 spiro atoms. The topological polar surface area (TPSA) is 73.7 Å². The summed E-state index contributed by atoms with van der Waals surface area (Å²) in [5.41, 5.74) is 1.32. The monoisotopic (exact) mass is 407 g/mol. The van der Waals surface area contributed by atoms with Crippen LogP contribution in [0.4, 0.5) is 0 Å². The highest BCUT2D eigenvalue weighted by Crippen LogP contribution is 2.25. The van der Waals surface area contributed by atoms with Gasteiger partial charge in [0.15, 0.2) is 0 Å². The SMILES string of the molecule is COc1ccc(Oc2c(C(=O)N(C)C)cnn(-c3ccc(C(C)C)cc3)c2=O)cc1. The van der Waals surface area contributed by atoms with Gasteiger partial charge in [-0.25, -0.2) is 0 Å². The number of nitrogens with zero attached hydrogens (tertiary/aromatic N) is 3. The van der Waals surface area contributed by atoms with E-state index in [-0.39, 0.29) is 17.2 Å². The molecule has 0 aliphatic carbocycles. The van der Waals surface area contributed by atoms with E-state index >= 15 is 0 Å². The number of hydrogen-bond donors (Lipinski definition) is 0. The fourth-order valence-electron chi connectivity index (χ4n) is 2.88. The first kappa shape index (κ1) is 21.1. The second-order valence-electron chi connectivity index (χ2n) is 7.33. The minimum Gasteiger partial charge on any atom is -0.497 e. The van der Waals surface area contributed by atoms with Gasteiger partial charge in [0.05, 0.1) is 19.0 Å². The van der Waals surface area contributed by atoms with E-state index in [1.54, 1.807) is 45.5 Å². The molecule has 1 amide bonds. The lowest BCUT2D eigenvalue weighted by molar-refractivity contribution is 0.0824. The number of carbonyl (C=O) groups is 1. The van der Waals surface area contributed by atoms with Gasteiger partial charge < -0.3 is 14.4 Å². The van der Waals surface area contributed by atoms with Gasteiger partial charge in [-0.3, -0.25) is 9.59 Å². The van der Waals surface area contributed by atoms with E-state index < -0.39 is 5.56 Å². The summed E-state index contributed by atoms with van der Waals surface area (Å²) in [4.78, 5) is 27.2. The molecule has 0 radical (unpaired) electrons. The van der Waals surface area contributed by atoms with Crippen molar-refractivity contribution < 1.29 is 14.3 Å². The Labute approximate surface area is 175 Å². The molecule has 156 valence electrons. The molecule has 30 heavy (non-hydrogen) atoms. The molecule has 3 rings (SSSR count). The van der Waals surface area contributed by atoms with Gasteiger partial charge in [-0.05, 0) is 47.9 Å². The van der Waals surface area contributed by atoms with Gasteiger partial charge in [0.25, 0.3) is 5.91 Å². The normalized spacial score (nSPS) is 10.7. The quantitative estimate of drug-likeness (QED) is 0.620. The molecule has 3 aromatic rings. The number of aromatic nitrogens is 2. The Hall–Kier alpha value is -3.61. The van der Waals surface area contributed by atoms with Crippen LogP contribution in [0.1, 0.15) is 35.7 Å². The van der Waals surface area contributed by atoms with Crippen molar-refractivity contribution in [3.63, 3.8) is 0 Å². The molecule has 0 fully saturated rings. The highest BCUT2D eigenvalue weighted by molar-refractivity contribution is 5.96. The third kappa shape index (κ3) is 4.35. The van der Waals surface area contributed by atoms with Crippen molar-refractivity contribution in [1.29, 1.82) is 0 Å². The van der Waals surface area contributed by atoms with Crippen molar-refractivity contribution in [2.24, 2.45) is 0 Å². The number of methoxy groups -OCH3 is 1. The molecular weight excluding hydrogens is 382 g/mol. The van der Waals surface area contributed by atoms with Gasteiger partial charge >= 0.3 is 5.56 Å². The molecule has 1 heterocycles. The van der Waals surface area contributed by atoms with Crippen LogP contribution < -0.4 is 15.0 Å². The molecule has 7 heteroatoms. The zero-order chi connectivity index (χ0) is 21.8. The summed E-state index contributed by atoms with van der Waals surface area (Å²) < 4.78 is 12.2. The Morgan fingerprint density at radius 3 is 2.13 bits per heavy atom. The van der Waals surface area contributed by atoms with E-state index in [1.165, 1.54) is 15.8 Å². The molecule has 1 aromatic heterocycles. The number of benzene rings is 2. The molecule has 0 atom stereocenters. The molecule has 0 saturated heterocycles. The lowest BCUT2D eigenvalue weighted by Gasteiger charge is -2.16. The molecule has 0 unspecified atom stereocenters. The third-order valence-corrected chi connectivity index (χ3v) is 4.65. The predicted molar refractivity (Wildman–Crippen MR) is 115 cm³/mol. The molecule has 0 N–H and O–H groups in total. The van der Waals surface area contributed by atoms with Crippen LogP contribution in [-0.4, -0.2) is 41.8 Å². The van der Waals surface area contributed by atoms with Crippen molar-refractivity contribution in [3.05, 3.63) is 76.2 Å². The van der Waals surface area contributed by atoms with E-state index in [1.807, 2.05) is 24.3 Å². The van der Waals surface area contributed by atoms with Crippen molar-refractivity contribution in [2.75, 3.05) is 21.2 Å². The number of hydrogen-bond acceptors (Lipinski definition) is 5. The minimum atomic E-state index is -0.518. The van der Waals surface area contributed by atoms with E-state index in [2.05, 4.69) is 18.9 Å². The van der Waals surface area contributed by atoms with Crippen LogP contribution in [0, 0.1) is 0 Å². The maximum atomic E-state index is 13.2. The van der Waals surface area contributed by atoms with Crippen LogP contribution in [-0.2, 0) is 0 Å². The molecule has 0 aliphatic heterocycles. The highest BCUT2D eigenvalue weighted by Gasteiger charge is 2.22. The molecule has 2 aromatic carbocycles. The summed E-state index contributed by atoms with van der Waals surface area (Å²) in [5, 5.41) is 4.21. The van der Waals surface area contributed by atoms with E-state index in [9.17, 15) is 9.59 Å². The number of rotatable bonds is 6. The van der Waals surface area contributed by atoms with Crippen LogP contribution in [0.2, 0.25) is 0 Å². The van der Waals surface area contributed by atoms with Crippen molar-refractivity contribution in [3.8, 4) is 22.9 Å². The summed E-state index contributed by atoms with van der Waals surface area (Å²) in [5.74, 6) is 0.989. The Morgan fingerprint density at radius 2 is 1.60 bits per heavy atom. The Balaban J connectivity index is 2.09. The highest BCUT2D eigenvalue weighted by atomic mass is 16.5. The molecule has 0 bridgehead atoms. The van der Waals surface area contributed by atoms with Crippen LogP contribution in [0.15, 0.2) is 59.5 Å². The fraction of sp³-hybridized carbons (Fsp3) is 0.261. The van der Waals surface area contributed by atoms with Crippen LogP contribution in [0.25, 0.3) is 5.69 Å². The molecule has 0 saturated carbocycles. The molecule has 0 aliphatic rings. The van der Waals surface area contributed by atoms with Crippen LogP contribution in [0.3, 0.4) is 0 Å². The fourth-order valence-corrected chi connectivity index (χ4v) is 2.88. The number of ether oxygens (including phenoxy) is 2. The largest absolute Gasteiger partial charge is 0.497 e. The Morgan fingerprint density at radius 1 is 1.00 bits per heavy atom. The first-order chi connectivity index (χ1) is 14.3. The third-order valence-electron chi connectivity index (χ3n) is 4.65. The smallest absolute Gasteiger partial charge is 0.315 e. The summed E-state index contributed by atoms with van der Waals surface area (Å²) >= 11 is 0. The average Bonchev–Trinajstić information content (AvgIpc) is 2.75. The van der Waals surface area contributed by atoms with Crippen LogP contribution in [0.5, 0.6) is 17.2 Å². The van der Waals surface area contributed by atoms with Crippen molar-refractivity contribution in [2.45, 2.75) is 19.8 Å². The Bertz CT molecular complexity index is 1080.